The Balaban J connectivity index is 0. The number of ether oxygens (including phenoxy) is 4. The van der Waals surface area contributed by atoms with Crippen molar-refractivity contribution >= 4 is 121 Å². The number of hydrogen-bond acceptors (Lipinski definition) is 18. The molecular formula is C70H66Br4K2LiN3O16. The van der Waals surface area contributed by atoms with E-state index >= 15 is 0 Å². The number of nitrogens with zero attached hydrogens (tertiary/aromatic N) is 3. The molecule has 12 aromatic rings. The van der Waals surface area contributed by atoms with Crippen molar-refractivity contribution in [3.05, 3.63) is 248 Å². The average Bonchev–Trinajstić information content (AvgIpc) is 1.71. The molecule has 0 spiro atoms. The van der Waals surface area contributed by atoms with Crippen molar-refractivity contribution in [1.82, 2.24) is 15.0 Å². The molecule has 3 N–H and O–H groups in total. The summed E-state index contributed by atoms with van der Waals surface area (Å²) in [6, 6.07) is 65.8. The van der Waals surface area contributed by atoms with Gasteiger partial charge >= 0.3 is 140 Å². The third-order valence-electron chi connectivity index (χ3n) is 12.3. The number of carbonyl (C=O) groups excluding carboxylic acids is 3. The second kappa shape index (κ2) is 45.9. The normalized spacial score (nSPS) is 10.5. The Morgan fingerprint density at radius 2 is 0.802 bits per heavy atom. The minimum atomic E-state index is -1.14. The first-order valence-corrected chi connectivity index (χ1v) is 29.4. The molecule has 0 aliphatic rings. The molecule has 3 heterocycles. The van der Waals surface area contributed by atoms with Gasteiger partial charge in [-0.3, -0.25) is 9.59 Å². The quantitative estimate of drug-likeness (QED) is 0.0256. The Labute approximate surface area is 688 Å². The number of hydrogen-bond donors (Lipinski definition) is 2. The van der Waals surface area contributed by atoms with Crippen LogP contribution in [0.5, 0.6) is 17.2 Å². The fraction of sp³-hybridized carbons (Fsp3) is 0.129. The van der Waals surface area contributed by atoms with Crippen molar-refractivity contribution < 1.29 is 200 Å². The van der Waals surface area contributed by atoms with Crippen molar-refractivity contribution in [2.45, 2.75) is 46.7 Å². The number of aromatic hydroxyl groups is 1. The Hall–Kier alpha value is -5.62. The molecule has 12 rings (SSSR count). The van der Waals surface area contributed by atoms with E-state index in [1.165, 1.54) is 14.2 Å². The van der Waals surface area contributed by atoms with Gasteiger partial charge in [-0.1, -0.05) is 221 Å². The van der Waals surface area contributed by atoms with Crippen LogP contribution in [0.4, 0.5) is 0 Å². The number of carboxylic acid groups (broad SMARTS) is 1. The Bertz CT molecular complexity index is 4220. The molecule has 0 aliphatic heterocycles. The zero-order valence-electron chi connectivity index (χ0n) is 50.6. The number of oxazole rings is 3. The van der Waals surface area contributed by atoms with Crippen LogP contribution in [0.3, 0.4) is 0 Å². The summed E-state index contributed by atoms with van der Waals surface area (Å²) in [5.74, 6) is 0.352. The van der Waals surface area contributed by atoms with Crippen LogP contribution < -0.4 is 136 Å². The maximum Gasteiger partial charge on any atom is 1.00 e. The topological polar surface area (TPSA) is 286 Å². The molecule has 0 radical (unpaired) electrons. The summed E-state index contributed by atoms with van der Waals surface area (Å²) in [5, 5.41) is 27.9. The predicted octanol–water partition coefficient (Wildman–Crippen LogP) is 9.20. The molecule has 3 unspecified atom stereocenters. The first-order valence-electron chi connectivity index (χ1n) is 26.1. The maximum absolute atomic E-state index is 12.4. The number of carboxylic acids is 1. The predicted molar refractivity (Wildman–Crippen MR) is 370 cm³/mol. The standard InChI is InChI=1S/C22H16BrNO4.C21H14BrNO4.C13H8BrNO2.C9H9BrO2.CH2O3.4CH4.2K.Li.H2O.H/c1-26-22(25)20(14-7-3-2-4-8-14)27-18-12-11-15(23)13-16(18)21-24-17-9-5-6-10-19(17)28-21;22-14-10-11-17(26-19(21(24)25)13-6-2-1-3-7-13)15(12-14)20-23-16-8-4-5-9-18(16)27-20;14-8-5-6-11(16)9(7-8)13-15-10-3-1-2-4-12(10)17-13;1-12-9(11)8(10)7-5-3-2-4-6-7;2-1-4-3;;;;;;;;;/h2-13,20H,1H3;1-12,19H,(H,24,25);1-7,16H;2-6,8H,1H3;1,3H;4*1H4;;;;1H2;/q;;;;;;;;;3*+1;;-1/p-2. The summed E-state index contributed by atoms with van der Waals surface area (Å²) in [6.07, 6.45) is -2.05. The second-order valence-electron chi connectivity index (χ2n) is 18.1. The van der Waals surface area contributed by atoms with Crippen molar-refractivity contribution in [3.63, 3.8) is 0 Å². The summed E-state index contributed by atoms with van der Waals surface area (Å²) in [7, 11) is 2.71. The number of fused-ring (bicyclic) bond motifs is 3. The molecule has 3 aromatic heterocycles. The maximum atomic E-state index is 12.4. The summed E-state index contributed by atoms with van der Waals surface area (Å²) >= 11 is 13.5. The van der Waals surface area contributed by atoms with Gasteiger partial charge in [-0.25, -0.2) is 24.5 Å². The molecular weight excluding hydrogens is 1540 g/mol. The Morgan fingerprint density at radius 3 is 1.16 bits per heavy atom. The van der Waals surface area contributed by atoms with Crippen molar-refractivity contribution in [2.75, 3.05) is 14.2 Å². The van der Waals surface area contributed by atoms with Gasteiger partial charge in [0, 0.05) is 24.5 Å². The Morgan fingerprint density at radius 1 is 0.490 bits per heavy atom. The first kappa shape index (κ1) is 90.4. The number of halogens is 4. The van der Waals surface area contributed by atoms with Crippen LogP contribution in [-0.2, 0) is 33.5 Å². The number of aromatic nitrogens is 3. The van der Waals surface area contributed by atoms with Gasteiger partial charge in [0.25, 0.3) is 6.47 Å². The van der Waals surface area contributed by atoms with Gasteiger partial charge in [0.2, 0.25) is 29.9 Å². The van der Waals surface area contributed by atoms with Crippen LogP contribution in [0.1, 0.15) is 64.9 Å². The molecule has 0 saturated carbocycles. The van der Waals surface area contributed by atoms with Crippen LogP contribution in [0, 0.1) is 0 Å². The molecule has 0 aliphatic carbocycles. The van der Waals surface area contributed by atoms with E-state index in [0.717, 1.165) is 35.5 Å². The van der Waals surface area contributed by atoms with Crippen molar-refractivity contribution in [3.8, 4) is 51.6 Å². The van der Waals surface area contributed by atoms with E-state index in [9.17, 15) is 24.6 Å². The van der Waals surface area contributed by atoms with Gasteiger partial charge in [0.05, 0.1) is 30.9 Å². The fourth-order valence-electron chi connectivity index (χ4n) is 8.18. The molecule has 0 fully saturated rings. The number of phenolic OH excluding ortho intramolecular Hbond substituents is 1. The molecule has 26 heteroatoms. The fourth-order valence-corrected chi connectivity index (χ4v) is 9.75. The third kappa shape index (κ3) is 25.3. The summed E-state index contributed by atoms with van der Waals surface area (Å²) in [6.45, 7) is -0.181. The molecule has 9 aromatic carbocycles. The third-order valence-corrected chi connectivity index (χ3v) is 14.7. The minimum absolute atomic E-state index is 0. The average molecular weight is 1610 g/mol. The molecule has 488 valence electrons. The molecule has 0 bridgehead atoms. The first-order chi connectivity index (χ1) is 42.7. The van der Waals surface area contributed by atoms with Gasteiger partial charge in [-0.05, 0) is 96.6 Å². The zero-order valence-corrected chi connectivity index (χ0v) is 62.2. The number of benzene rings is 9. The van der Waals surface area contributed by atoms with Crippen molar-refractivity contribution in [1.29, 1.82) is 0 Å². The minimum Gasteiger partial charge on any atom is -1.00 e. The number of esters is 2. The van der Waals surface area contributed by atoms with Gasteiger partial charge < -0.3 is 59.5 Å². The van der Waals surface area contributed by atoms with Gasteiger partial charge in [-0.15, -0.1) is 0 Å². The van der Waals surface area contributed by atoms with Gasteiger partial charge in [0.15, 0.2) is 16.7 Å². The van der Waals surface area contributed by atoms with Crippen LogP contribution in [-0.4, -0.2) is 69.2 Å². The van der Waals surface area contributed by atoms with Crippen LogP contribution in [0.15, 0.2) is 245 Å². The van der Waals surface area contributed by atoms with Gasteiger partial charge in [0.1, 0.15) is 38.6 Å². The summed E-state index contributed by atoms with van der Waals surface area (Å²) in [4.78, 5) is 59.5. The van der Waals surface area contributed by atoms with E-state index in [-0.39, 0.29) is 181 Å². The number of methoxy groups -OCH3 is 2. The Kier molecular flexibility index (Phi) is 43.2. The smallest absolute Gasteiger partial charge is 1.00 e. The summed E-state index contributed by atoms with van der Waals surface area (Å²) < 4.78 is 41.3. The number of phenols is 1. The van der Waals surface area contributed by atoms with E-state index in [1.807, 2.05) is 152 Å². The van der Waals surface area contributed by atoms with E-state index in [1.54, 1.807) is 66.7 Å². The van der Waals surface area contributed by atoms with Crippen LogP contribution >= 0.6 is 63.7 Å². The number of para-hydroxylation sites is 6. The SMILES string of the molecule is C.C.C.C.COC(=O)C(Br)c1ccccc1.COC(=O)C(Oc1ccc(Br)cc1-c1nc2ccccc2o1)c1ccccc1.O=C(O)C(Oc1ccc(Br)cc1-c1nc2ccccc2o1)c1ccccc1.O=CO[O-].Oc1ccc(Br)cc1-c1nc2ccccc2o1.[H-].[K+].[K+].[Li+].[OH-]. The van der Waals surface area contributed by atoms with Crippen molar-refractivity contribution in [2.24, 2.45) is 0 Å². The van der Waals surface area contributed by atoms with E-state index in [4.69, 9.17) is 37.5 Å². The number of rotatable bonds is 14. The molecule has 3 atom stereocenters. The van der Waals surface area contributed by atoms with Crippen LogP contribution in [0.25, 0.3) is 67.7 Å². The second-order valence-corrected chi connectivity index (χ2v) is 21.7. The van der Waals surface area contributed by atoms with E-state index in [0.29, 0.717) is 73.7 Å². The monoisotopic (exact) mass is 1610 g/mol. The molecule has 19 nitrogen and oxygen atoms in total. The number of aliphatic carboxylic acids is 1. The zero-order chi connectivity index (χ0) is 62.5. The summed E-state index contributed by atoms with van der Waals surface area (Å²) in [5.41, 5.74) is 8.22. The van der Waals surface area contributed by atoms with E-state index in [2.05, 4.69) is 88.3 Å². The largest absolute Gasteiger partial charge is 1.00 e. The van der Waals surface area contributed by atoms with E-state index < -0.39 is 24.1 Å². The molecule has 96 heavy (non-hydrogen) atoms. The number of alkyl halides is 1. The number of carbonyl (C=O) groups is 4. The molecule has 0 saturated heterocycles. The molecule has 0 amide bonds. The van der Waals surface area contributed by atoms with Crippen LogP contribution in [0.2, 0.25) is 0 Å². The van der Waals surface area contributed by atoms with Gasteiger partial charge in [-0.2, -0.15) is 0 Å².